The van der Waals surface area contributed by atoms with Gasteiger partial charge in [-0.25, -0.2) is 0 Å². The lowest BCUT2D eigenvalue weighted by Crippen LogP contribution is -2.30. The van der Waals surface area contributed by atoms with Gasteiger partial charge in [-0.15, -0.1) is 0 Å². The van der Waals surface area contributed by atoms with E-state index in [1.807, 2.05) is 46.8 Å². The maximum absolute atomic E-state index is 12.9. The Kier molecular flexibility index (Phi) is 4.68. The van der Waals surface area contributed by atoms with Gasteiger partial charge < -0.3 is 4.90 Å². The van der Waals surface area contributed by atoms with Gasteiger partial charge in [-0.2, -0.15) is 5.10 Å². The molecule has 1 saturated heterocycles. The molecular weight excluding hydrogens is 338 g/mol. The molecule has 2 aromatic rings. The number of Topliss-reactive ketones (excluding diaryl/α,β-unsaturated/α-hetero) is 1. The summed E-state index contributed by atoms with van der Waals surface area (Å²) in [6, 6.07) is 12.3. The Labute approximate surface area is 159 Å². The summed E-state index contributed by atoms with van der Waals surface area (Å²) in [7, 11) is 0. The number of hydrogen-bond donors (Lipinski definition) is 0. The van der Waals surface area contributed by atoms with Crippen LogP contribution in [0.3, 0.4) is 0 Å². The van der Waals surface area contributed by atoms with Crippen molar-refractivity contribution < 1.29 is 9.59 Å². The number of carbonyl (C=O) groups is 2. The number of hydrogen-bond acceptors (Lipinski definition) is 3. The number of benzene rings is 1. The fraction of sp³-hybridized carbons (Fsp3) is 0.409. The van der Waals surface area contributed by atoms with E-state index in [0.29, 0.717) is 18.5 Å². The van der Waals surface area contributed by atoms with Crippen molar-refractivity contribution >= 4 is 17.3 Å². The molecule has 0 bridgehead atoms. The van der Waals surface area contributed by atoms with Crippen molar-refractivity contribution in [3.05, 3.63) is 58.9 Å². The fourth-order valence-electron chi connectivity index (χ4n) is 4.32. The summed E-state index contributed by atoms with van der Waals surface area (Å²) in [6.45, 7) is 5.44. The first-order valence-corrected chi connectivity index (χ1v) is 9.64. The van der Waals surface area contributed by atoms with E-state index in [2.05, 4.69) is 18.1 Å². The third-order valence-corrected chi connectivity index (χ3v) is 5.66. The molecule has 1 atom stereocenters. The van der Waals surface area contributed by atoms with E-state index in [9.17, 15) is 9.59 Å². The third kappa shape index (κ3) is 3.46. The Morgan fingerprint density at radius 1 is 1.19 bits per heavy atom. The zero-order valence-corrected chi connectivity index (χ0v) is 15.9. The molecule has 2 aliphatic rings. The maximum atomic E-state index is 12.9. The minimum absolute atomic E-state index is 0.0534. The van der Waals surface area contributed by atoms with Crippen LogP contribution in [0.15, 0.2) is 42.0 Å². The summed E-state index contributed by atoms with van der Waals surface area (Å²) in [5.74, 6) is 0.175. The molecule has 0 saturated carbocycles. The second kappa shape index (κ2) is 7.14. The van der Waals surface area contributed by atoms with E-state index in [1.165, 1.54) is 0 Å². The fourth-order valence-corrected chi connectivity index (χ4v) is 4.32. The molecule has 2 heterocycles. The Morgan fingerprint density at radius 3 is 2.67 bits per heavy atom. The van der Waals surface area contributed by atoms with Crippen LogP contribution in [-0.4, -0.2) is 39.5 Å². The highest BCUT2D eigenvalue weighted by Gasteiger charge is 2.32. The molecule has 0 spiro atoms. The molecule has 5 nitrogen and oxygen atoms in total. The average Bonchev–Trinajstić information content (AvgIpc) is 3.36. The van der Waals surface area contributed by atoms with Crippen LogP contribution in [0.25, 0.3) is 5.57 Å². The predicted octanol–water partition coefficient (Wildman–Crippen LogP) is 3.48. The Bertz CT molecular complexity index is 911. The monoisotopic (exact) mass is 363 g/mol. The largest absolute Gasteiger partial charge is 0.340 e. The molecule has 4 rings (SSSR count). The second-order valence-electron chi connectivity index (χ2n) is 7.58. The zero-order valence-electron chi connectivity index (χ0n) is 15.9. The van der Waals surface area contributed by atoms with Gasteiger partial charge in [0.15, 0.2) is 5.78 Å². The van der Waals surface area contributed by atoms with E-state index >= 15 is 0 Å². The maximum Gasteiger partial charge on any atom is 0.227 e. The van der Waals surface area contributed by atoms with Gasteiger partial charge in [-0.1, -0.05) is 30.3 Å². The summed E-state index contributed by atoms with van der Waals surface area (Å²) >= 11 is 0. The predicted molar refractivity (Wildman–Crippen MR) is 104 cm³/mol. The molecule has 1 amide bonds. The summed E-state index contributed by atoms with van der Waals surface area (Å²) in [5, 5.41) is 4.57. The Hall–Kier alpha value is -2.69. The molecule has 0 radical (unpaired) electrons. The van der Waals surface area contributed by atoms with Gasteiger partial charge in [0.05, 0.1) is 18.2 Å². The number of aryl methyl sites for hydroxylation is 2. The summed E-state index contributed by atoms with van der Waals surface area (Å²) in [4.78, 5) is 27.2. The van der Waals surface area contributed by atoms with Crippen molar-refractivity contribution in [2.24, 2.45) is 0 Å². The zero-order chi connectivity index (χ0) is 19.0. The molecule has 1 aromatic heterocycles. The molecule has 140 valence electrons. The topological polar surface area (TPSA) is 55.2 Å². The van der Waals surface area contributed by atoms with Crippen LogP contribution >= 0.6 is 0 Å². The summed E-state index contributed by atoms with van der Waals surface area (Å²) in [6.07, 6.45) is 2.38. The lowest BCUT2D eigenvalue weighted by atomic mass is 10.00. The van der Waals surface area contributed by atoms with E-state index < -0.39 is 0 Å². The van der Waals surface area contributed by atoms with Crippen LogP contribution in [0, 0.1) is 13.8 Å². The van der Waals surface area contributed by atoms with Crippen molar-refractivity contribution in [3.63, 3.8) is 0 Å². The van der Waals surface area contributed by atoms with Gasteiger partial charge in [-0.05, 0) is 43.9 Å². The van der Waals surface area contributed by atoms with Crippen molar-refractivity contribution in [1.82, 2.24) is 14.7 Å². The first-order chi connectivity index (χ1) is 13.0. The normalized spacial score (nSPS) is 20.0. The van der Waals surface area contributed by atoms with Gasteiger partial charge in [0, 0.05) is 30.8 Å². The smallest absolute Gasteiger partial charge is 0.227 e. The van der Waals surface area contributed by atoms with Crippen molar-refractivity contribution in [3.8, 4) is 0 Å². The van der Waals surface area contributed by atoms with E-state index in [-0.39, 0.29) is 24.2 Å². The van der Waals surface area contributed by atoms with Gasteiger partial charge >= 0.3 is 0 Å². The lowest BCUT2D eigenvalue weighted by Gasteiger charge is -2.18. The first-order valence-electron chi connectivity index (χ1n) is 9.64. The quantitative estimate of drug-likeness (QED) is 0.836. The van der Waals surface area contributed by atoms with E-state index in [0.717, 1.165) is 41.9 Å². The van der Waals surface area contributed by atoms with Crippen molar-refractivity contribution in [2.75, 3.05) is 13.1 Å². The van der Waals surface area contributed by atoms with Crippen LogP contribution in [0.1, 0.15) is 48.7 Å². The lowest BCUT2D eigenvalue weighted by molar-refractivity contribution is -0.130. The average molecular weight is 363 g/mol. The van der Waals surface area contributed by atoms with Crippen LogP contribution in [0.4, 0.5) is 0 Å². The van der Waals surface area contributed by atoms with Crippen LogP contribution in [0.5, 0.6) is 0 Å². The van der Waals surface area contributed by atoms with Crippen LogP contribution < -0.4 is 0 Å². The Morgan fingerprint density at radius 2 is 1.96 bits per heavy atom. The number of rotatable bonds is 4. The van der Waals surface area contributed by atoms with Crippen LogP contribution in [0.2, 0.25) is 0 Å². The SMILES string of the molecule is Cc1cc(C)n(C2CCN(C(=O)CC3=C(c4ccccc4)CCC3=O)C2)n1. The minimum Gasteiger partial charge on any atom is -0.340 e. The molecule has 1 fully saturated rings. The van der Waals surface area contributed by atoms with Crippen LogP contribution in [-0.2, 0) is 9.59 Å². The molecule has 5 heteroatoms. The number of allylic oxidation sites excluding steroid dienone is 1. The number of likely N-dealkylation sites (tertiary alicyclic amines) is 1. The van der Waals surface area contributed by atoms with Gasteiger partial charge in [0.25, 0.3) is 0 Å². The molecular formula is C22H25N3O2. The number of carbonyl (C=O) groups excluding carboxylic acids is 2. The van der Waals surface area contributed by atoms with E-state index in [4.69, 9.17) is 0 Å². The standard InChI is InChI=1S/C22H25N3O2/c1-15-12-16(2)25(23-15)18-10-11-24(14-18)22(27)13-20-19(8-9-21(20)26)17-6-4-3-5-7-17/h3-7,12,18H,8-11,13-14H2,1-2H3. The Balaban J connectivity index is 1.49. The van der Waals surface area contributed by atoms with Gasteiger partial charge in [0.2, 0.25) is 5.91 Å². The number of aromatic nitrogens is 2. The molecule has 27 heavy (non-hydrogen) atoms. The van der Waals surface area contributed by atoms with Crippen molar-refractivity contribution in [2.45, 2.75) is 45.6 Å². The minimum atomic E-state index is 0.0534. The second-order valence-corrected chi connectivity index (χ2v) is 7.58. The number of amides is 1. The highest BCUT2D eigenvalue weighted by molar-refractivity contribution is 6.10. The third-order valence-electron chi connectivity index (χ3n) is 5.66. The molecule has 0 N–H and O–H groups in total. The molecule has 1 unspecified atom stereocenters. The van der Waals surface area contributed by atoms with Gasteiger partial charge in [-0.3, -0.25) is 14.3 Å². The van der Waals surface area contributed by atoms with Gasteiger partial charge in [0.1, 0.15) is 0 Å². The highest BCUT2D eigenvalue weighted by Crippen LogP contribution is 2.34. The molecule has 1 aliphatic carbocycles. The number of ketones is 1. The van der Waals surface area contributed by atoms with E-state index in [1.54, 1.807) is 0 Å². The summed E-state index contributed by atoms with van der Waals surface area (Å²) in [5.41, 5.74) is 4.95. The molecule has 1 aromatic carbocycles. The van der Waals surface area contributed by atoms with Crippen molar-refractivity contribution in [1.29, 1.82) is 0 Å². The first kappa shape index (κ1) is 17.7. The summed E-state index contributed by atoms with van der Waals surface area (Å²) < 4.78 is 2.04. The number of nitrogens with zero attached hydrogens (tertiary/aromatic N) is 3. The molecule has 1 aliphatic heterocycles. The highest BCUT2D eigenvalue weighted by atomic mass is 16.2.